The maximum atomic E-state index is 13.6. The second-order valence-corrected chi connectivity index (χ2v) is 11.0. The molecule has 3 aromatic carbocycles. The van der Waals surface area contributed by atoms with Crippen molar-refractivity contribution in [2.45, 2.75) is 52.4 Å². The van der Waals surface area contributed by atoms with Crippen molar-refractivity contribution in [2.75, 3.05) is 26.2 Å². The number of benzene rings is 3. The number of nitrogens with zero attached hydrogens (tertiary/aromatic N) is 4. The number of piperidine rings is 1. The van der Waals surface area contributed by atoms with Crippen LogP contribution in [0.5, 0.6) is 0 Å². The highest BCUT2D eigenvalue weighted by Crippen LogP contribution is 2.15. The fourth-order valence-corrected chi connectivity index (χ4v) is 5.76. The van der Waals surface area contributed by atoms with E-state index in [1.165, 1.54) is 10.1 Å². The second-order valence-electron chi connectivity index (χ2n) is 11.0. The van der Waals surface area contributed by atoms with Crippen molar-refractivity contribution >= 4 is 22.7 Å². The van der Waals surface area contributed by atoms with E-state index in [0.717, 1.165) is 37.0 Å². The van der Waals surface area contributed by atoms with Crippen molar-refractivity contribution in [3.8, 4) is 0 Å². The molecular weight excluding hydrogens is 542 g/mol. The van der Waals surface area contributed by atoms with Gasteiger partial charge in [0, 0.05) is 44.3 Å². The van der Waals surface area contributed by atoms with Crippen molar-refractivity contribution in [2.24, 2.45) is 0 Å². The zero-order chi connectivity index (χ0) is 30.3. The molecule has 9 nitrogen and oxygen atoms in total. The SMILES string of the molecule is CCN(CC)C(=O)Cn1c(=O)n(Cc2ccc(C(=O)NC3CCN(Cc4ccccc4)CC3)cc2)c(=O)c2ccccc21. The van der Waals surface area contributed by atoms with Gasteiger partial charge in [0.05, 0.1) is 17.4 Å². The van der Waals surface area contributed by atoms with E-state index in [0.29, 0.717) is 35.1 Å². The molecule has 1 N–H and O–H groups in total. The van der Waals surface area contributed by atoms with Crippen LogP contribution in [0.3, 0.4) is 0 Å². The van der Waals surface area contributed by atoms with Crippen LogP contribution in [0.25, 0.3) is 10.9 Å². The van der Waals surface area contributed by atoms with E-state index in [1.54, 1.807) is 53.4 Å². The van der Waals surface area contributed by atoms with Gasteiger partial charge in [0.2, 0.25) is 5.91 Å². The summed E-state index contributed by atoms with van der Waals surface area (Å²) in [7, 11) is 0. The minimum absolute atomic E-state index is 0.0315. The predicted molar refractivity (Wildman–Crippen MR) is 168 cm³/mol. The van der Waals surface area contributed by atoms with E-state index in [-0.39, 0.29) is 30.9 Å². The van der Waals surface area contributed by atoms with E-state index in [2.05, 4.69) is 34.5 Å². The molecule has 1 saturated heterocycles. The monoisotopic (exact) mass is 581 g/mol. The molecule has 0 spiro atoms. The van der Waals surface area contributed by atoms with Crippen LogP contribution >= 0.6 is 0 Å². The van der Waals surface area contributed by atoms with Gasteiger partial charge in [-0.2, -0.15) is 0 Å². The van der Waals surface area contributed by atoms with Crippen molar-refractivity contribution in [3.63, 3.8) is 0 Å². The smallest absolute Gasteiger partial charge is 0.332 e. The van der Waals surface area contributed by atoms with Crippen LogP contribution in [0.4, 0.5) is 0 Å². The molecule has 2 heterocycles. The third-order valence-corrected chi connectivity index (χ3v) is 8.27. The fraction of sp³-hybridized carbons (Fsp3) is 0.353. The summed E-state index contributed by atoms with van der Waals surface area (Å²) in [6, 6.07) is 24.4. The maximum absolute atomic E-state index is 13.6. The van der Waals surface area contributed by atoms with Gasteiger partial charge in [-0.05, 0) is 62.1 Å². The predicted octanol–water partition coefficient (Wildman–Crippen LogP) is 3.47. The number of hydrogen-bond acceptors (Lipinski definition) is 5. The highest BCUT2D eigenvalue weighted by Gasteiger charge is 2.22. The number of likely N-dealkylation sites (tertiary alicyclic amines) is 1. The molecule has 0 bridgehead atoms. The zero-order valence-corrected chi connectivity index (χ0v) is 24.9. The summed E-state index contributed by atoms with van der Waals surface area (Å²) in [5.74, 6) is -0.312. The van der Waals surface area contributed by atoms with Crippen molar-refractivity contribution < 1.29 is 9.59 Å². The van der Waals surface area contributed by atoms with Gasteiger partial charge < -0.3 is 10.2 Å². The average Bonchev–Trinajstić information content (AvgIpc) is 3.03. The molecule has 2 amide bonds. The molecule has 1 aromatic heterocycles. The van der Waals surface area contributed by atoms with Crippen molar-refractivity contribution in [3.05, 3.63) is 116 Å². The van der Waals surface area contributed by atoms with Crippen LogP contribution in [-0.4, -0.2) is 63.0 Å². The van der Waals surface area contributed by atoms with E-state index in [4.69, 9.17) is 0 Å². The van der Waals surface area contributed by atoms with E-state index in [1.807, 2.05) is 19.9 Å². The Morgan fingerprint density at radius 3 is 2.09 bits per heavy atom. The van der Waals surface area contributed by atoms with E-state index < -0.39 is 11.2 Å². The molecule has 1 aliphatic rings. The summed E-state index contributed by atoms with van der Waals surface area (Å²) >= 11 is 0. The summed E-state index contributed by atoms with van der Waals surface area (Å²) in [6.45, 7) is 7.51. The number of hydrogen-bond donors (Lipinski definition) is 1. The molecule has 0 saturated carbocycles. The number of nitrogens with one attached hydrogen (secondary N) is 1. The first kappa shape index (κ1) is 30.0. The van der Waals surface area contributed by atoms with Gasteiger partial charge in [0.1, 0.15) is 6.54 Å². The maximum Gasteiger partial charge on any atom is 0.332 e. The Morgan fingerprint density at radius 1 is 0.791 bits per heavy atom. The lowest BCUT2D eigenvalue weighted by molar-refractivity contribution is -0.131. The second kappa shape index (κ2) is 13.6. The third kappa shape index (κ3) is 6.94. The quantitative estimate of drug-likeness (QED) is 0.310. The number of amides is 2. The normalized spacial score (nSPS) is 14.1. The third-order valence-electron chi connectivity index (χ3n) is 8.27. The summed E-state index contributed by atoms with van der Waals surface area (Å²) in [6.07, 6.45) is 1.79. The summed E-state index contributed by atoms with van der Waals surface area (Å²) in [4.78, 5) is 56.9. The Bertz CT molecular complexity index is 1680. The van der Waals surface area contributed by atoms with Gasteiger partial charge in [-0.25, -0.2) is 4.79 Å². The number of fused-ring (bicyclic) bond motifs is 1. The van der Waals surface area contributed by atoms with Gasteiger partial charge in [0.25, 0.3) is 11.5 Å². The minimum atomic E-state index is -0.537. The number of carbonyl (C=O) groups excluding carboxylic acids is 2. The fourth-order valence-electron chi connectivity index (χ4n) is 5.76. The highest BCUT2D eigenvalue weighted by molar-refractivity contribution is 5.94. The number of likely N-dealkylation sites (N-methyl/N-ethyl adjacent to an activating group) is 1. The summed E-state index contributed by atoms with van der Waals surface area (Å²) < 4.78 is 2.54. The molecule has 0 atom stereocenters. The number of para-hydroxylation sites is 1. The van der Waals surface area contributed by atoms with Crippen LogP contribution in [0.15, 0.2) is 88.5 Å². The first-order valence-corrected chi connectivity index (χ1v) is 15.0. The minimum Gasteiger partial charge on any atom is -0.349 e. The largest absolute Gasteiger partial charge is 0.349 e. The molecule has 1 fully saturated rings. The molecule has 0 unspecified atom stereocenters. The number of aromatic nitrogens is 2. The van der Waals surface area contributed by atoms with Crippen LogP contribution in [0.2, 0.25) is 0 Å². The lowest BCUT2D eigenvalue weighted by atomic mass is 10.0. The summed E-state index contributed by atoms with van der Waals surface area (Å²) in [5.41, 5.74) is 2.03. The Kier molecular flexibility index (Phi) is 9.51. The Hall–Kier alpha value is -4.50. The first-order chi connectivity index (χ1) is 20.9. The summed E-state index contributed by atoms with van der Waals surface area (Å²) in [5, 5.41) is 3.54. The van der Waals surface area contributed by atoms with Gasteiger partial charge in [-0.3, -0.25) is 28.4 Å². The molecule has 224 valence electrons. The molecule has 1 aliphatic heterocycles. The van der Waals surface area contributed by atoms with E-state index >= 15 is 0 Å². The van der Waals surface area contributed by atoms with Crippen LogP contribution in [0.1, 0.15) is 48.2 Å². The average molecular weight is 582 g/mol. The number of rotatable bonds is 10. The Labute approximate surface area is 251 Å². The van der Waals surface area contributed by atoms with Gasteiger partial charge in [-0.15, -0.1) is 0 Å². The Balaban J connectivity index is 1.26. The van der Waals surface area contributed by atoms with Crippen LogP contribution in [-0.2, 0) is 24.4 Å². The molecule has 5 rings (SSSR count). The van der Waals surface area contributed by atoms with Crippen molar-refractivity contribution in [1.82, 2.24) is 24.3 Å². The highest BCUT2D eigenvalue weighted by atomic mass is 16.2. The topological polar surface area (TPSA) is 96.7 Å². The molecule has 43 heavy (non-hydrogen) atoms. The zero-order valence-electron chi connectivity index (χ0n) is 24.9. The number of carbonyl (C=O) groups is 2. The van der Waals surface area contributed by atoms with E-state index in [9.17, 15) is 19.2 Å². The molecular formula is C34H39N5O4. The molecule has 0 radical (unpaired) electrons. The molecule has 4 aromatic rings. The van der Waals surface area contributed by atoms with Gasteiger partial charge in [-0.1, -0.05) is 54.6 Å². The van der Waals surface area contributed by atoms with Crippen molar-refractivity contribution in [1.29, 1.82) is 0 Å². The lowest BCUT2D eigenvalue weighted by Crippen LogP contribution is -2.44. The molecule has 9 heteroatoms. The lowest BCUT2D eigenvalue weighted by Gasteiger charge is -2.32. The van der Waals surface area contributed by atoms with Gasteiger partial charge in [0.15, 0.2) is 0 Å². The van der Waals surface area contributed by atoms with Crippen LogP contribution < -0.4 is 16.6 Å². The van der Waals surface area contributed by atoms with Gasteiger partial charge >= 0.3 is 5.69 Å². The first-order valence-electron chi connectivity index (χ1n) is 15.0. The standard InChI is InChI=1S/C34H39N5O4/c1-3-37(4-2)31(40)24-38-30-13-9-8-12-29(30)33(42)39(34(38)43)23-26-14-16-27(17-15-26)32(41)35-28-18-20-36(21-19-28)22-25-10-6-5-7-11-25/h5-17,28H,3-4,18-24H2,1-2H3,(H,35,41). The molecule has 0 aliphatic carbocycles. The van der Waals surface area contributed by atoms with Crippen LogP contribution in [0, 0.1) is 0 Å². The Morgan fingerprint density at radius 2 is 1.42 bits per heavy atom.